The summed E-state index contributed by atoms with van der Waals surface area (Å²) in [4.78, 5) is 14.2. The van der Waals surface area contributed by atoms with Gasteiger partial charge in [-0.05, 0) is 28.1 Å². The molecule has 1 heterocycles. The van der Waals surface area contributed by atoms with Crippen molar-refractivity contribution in [2.75, 3.05) is 0 Å². The van der Waals surface area contributed by atoms with Crippen LogP contribution in [-0.4, -0.2) is 9.91 Å². The first-order chi connectivity index (χ1) is 9.13. The molecule has 7 heteroatoms. The van der Waals surface area contributed by atoms with Crippen LogP contribution < -0.4 is 4.74 Å². The number of nitro benzene ring substituents is 1. The van der Waals surface area contributed by atoms with E-state index in [4.69, 9.17) is 10.00 Å². The molecule has 6 nitrogen and oxygen atoms in total. The molecule has 0 fully saturated rings. The number of rotatable bonds is 3. The average Bonchev–Trinajstić information content (AvgIpc) is 2.41. The molecule has 0 amide bonds. The van der Waals surface area contributed by atoms with E-state index in [1.54, 1.807) is 6.07 Å². The summed E-state index contributed by atoms with van der Waals surface area (Å²) < 4.78 is 5.88. The molecule has 2 aromatic rings. The van der Waals surface area contributed by atoms with Gasteiger partial charge in [0.15, 0.2) is 5.75 Å². The number of hydrogen-bond donors (Lipinski definition) is 0. The molecular formula is C12H6BrN3O3. The zero-order valence-electron chi connectivity index (χ0n) is 9.41. The molecule has 0 radical (unpaired) electrons. The Balaban J connectivity index is 2.50. The summed E-state index contributed by atoms with van der Waals surface area (Å²) >= 11 is 3.19. The zero-order valence-corrected chi connectivity index (χ0v) is 11.0. The Bertz CT molecular complexity index is 682. The van der Waals surface area contributed by atoms with E-state index in [1.165, 1.54) is 30.6 Å². The second-order valence-electron chi connectivity index (χ2n) is 3.43. The minimum absolute atomic E-state index is 0.0389. The fourth-order valence-corrected chi connectivity index (χ4v) is 1.84. The topological polar surface area (TPSA) is 89.0 Å². The molecular weight excluding hydrogens is 314 g/mol. The van der Waals surface area contributed by atoms with Crippen LogP contribution in [0.5, 0.6) is 11.5 Å². The molecule has 0 bridgehead atoms. The third-order valence-electron chi connectivity index (χ3n) is 2.26. The van der Waals surface area contributed by atoms with E-state index >= 15 is 0 Å². The average molecular weight is 320 g/mol. The van der Waals surface area contributed by atoms with E-state index in [-0.39, 0.29) is 22.7 Å². The van der Waals surface area contributed by atoms with Gasteiger partial charge in [-0.2, -0.15) is 5.26 Å². The summed E-state index contributed by atoms with van der Waals surface area (Å²) in [5.74, 6) is 0.206. The van der Waals surface area contributed by atoms with Crippen molar-refractivity contribution < 1.29 is 9.66 Å². The van der Waals surface area contributed by atoms with Crippen molar-refractivity contribution in [3.05, 3.63) is 56.8 Å². The van der Waals surface area contributed by atoms with Crippen molar-refractivity contribution in [1.29, 1.82) is 5.26 Å². The molecule has 0 aliphatic carbocycles. The zero-order chi connectivity index (χ0) is 13.8. The van der Waals surface area contributed by atoms with Crippen LogP contribution in [0.4, 0.5) is 5.69 Å². The van der Waals surface area contributed by atoms with Crippen molar-refractivity contribution in [3.63, 3.8) is 0 Å². The lowest BCUT2D eigenvalue weighted by molar-refractivity contribution is -0.385. The van der Waals surface area contributed by atoms with E-state index in [9.17, 15) is 10.1 Å². The first-order valence-corrected chi connectivity index (χ1v) is 5.87. The van der Waals surface area contributed by atoms with Crippen LogP contribution in [-0.2, 0) is 0 Å². The summed E-state index contributed by atoms with van der Waals surface area (Å²) in [6, 6.07) is 7.87. The number of hydrogen-bond acceptors (Lipinski definition) is 5. The van der Waals surface area contributed by atoms with Gasteiger partial charge in [0.2, 0.25) is 5.75 Å². The van der Waals surface area contributed by atoms with Crippen LogP contribution in [0.2, 0.25) is 0 Å². The number of benzene rings is 1. The van der Waals surface area contributed by atoms with Crippen molar-refractivity contribution in [1.82, 2.24) is 4.98 Å². The monoisotopic (exact) mass is 319 g/mol. The molecule has 0 aliphatic heterocycles. The van der Waals surface area contributed by atoms with Crippen molar-refractivity contribution in [3.8, 4) is 17.6 Å². The first-order valence-electron chi connectivity index (χ1n) is 5.08. The van der Waals surface area contributed by atoms with E-state index in [0.717, 1.165) is 0 Å². The van der Waals surface area contributed by atoms with Gasteiger partial charge < -0.3 is 4.74 Å². The van der Waals surface area contributed by atoms with Gasteiger partial charge in [-0.15, -0.1) is 0 Å². The first kappa shape index (κ1) is 13.0. The second-order valence-corrected chi connectivity index (χ2v) is 4.29. The SMILES string of the molecule is N#Cc1ccncc1Oc1c(Br)cccc1[N+](=O)[O-]. The molecule has 0 atom stereocenters. The lowest BCUT2D eigenvalue weighted by Gasteiger charge is -2.08. The number of nitro groups is 1. The van der Waals surface area contributed by atoms with Crippen LogP contribution in [0.25, 0.3) is 0 Å². The number of aromatic nitrogens is 1. The standard InChI is InChI=1S/C12H6BrN3O3/c13-9-2-1-3-10(16(17)18)12(9)19-11-7-15-5-4-8(11)6-14/h1-5,7H. The van der Waals surface area contributed by atoms with Gasteiger partial charge in [-0.25, -0.2) is 0 Å². The Hall–Kier alpha value is -2.46. The number of nitrogens with zero attached hydrogens (tertiary/aromatic N) is 3. The Morgan fingerprint density at radius 2 is 2.21 bits per heavy atom. The highest BCUT2D eigenvalue weighted by molar-refractivity contribution is 9.10. The summed E-state index contributed by atoms with van der Waals surface area (Å²) in [5, 5.41) is 19.9. The Kier molecular flexibility index (Phi) is 3.73. The summed E-state index contributed by atoms with van der Waals surface area (Å²) in [6.07, 6.45) is 2.78. The molecule has 0 unspecified atom stereocenters. The number of ether oxygens (including phenoxy) is 1. The van der Waals surface area contributed by atoms with Crippen molar-refractivity contribution in [2.45, 2.75) is 0 Å². The molecule has 94 valence electrons. The van der Waals surface area contributed by atoms with Crippen LogP contribution in [0.3, 0.4) is 0 Å². The quantitative estimate of drug-likeness (QED) is 0.638. The maximum absolute atomic E-state index is 10.9. The smallest absolute Gasteiger partial charge is 0.312 e. The molecule has 1 aromatic carbocycles. The highest BCUT2D eigenvalue weighted by Crippen LogP contribution is 2.38. The highest BCUT2D eigenvalue weighted by atomic mass is 79.9. The van der Waals surface area contributed by atoms with Crippen LogP contribution in [0.15, 0.2) is 41.1 Å². The van der Waals surface area contributed by atoms with E-state index in [2.05, 4.69) is 20.9 Å². The Morgan fingerprint density at radius 3 is 2.89 bits per heavy atom. The van der Waals surface area contributed by atoms with Gasteiger partial charge in [-0.1, -0.05) is 6.07 Å². The summed E-state index contributed by atoms with van der Waals surface area (Å²) in [5.41, 5.74) is 0.0576. The second kappa shape index (κ2) is 5.46. The van der Waals surface area contributed by atoms with Crippen molar-refractivity contribution in [2.24, 2.45) is 0 Å². The molecule has 0 spiro atoms. The maximum atomic E-state index is 10.9. The normalized spacial score (nSPS) is 9.68. The van der Waals surface area contributed by atoms with Crippen LogP contribution in [0, 0.1) is 21.4 Å². The van der Waals surface area contributed by atoms with Gasteiger partial charge >= 0.3 is 5.69 Å². The molecule has 0 saturated heterocycles. The van der Waals surface area contributed by atoms with Gasteiger partial charge in [0.05, 0.1) is 21.2 Å². The number of pyridine rings is 1. The van der Waals surface area contributed by atoms with Crippen LogP contribution in [0.1, 0.15) is 5.56 Å². The third-order valence-corrected chi connectivity index (χ3v) is 2.88. The fourth-order valence-electron chi connectivity index (χ4n) is 1.41. The van der Waals surface area contributed by atoms with E-state index < -0.39 is 4.92 Å². The van der Waals surface area contributed by atoms with E-state index in [1.807, 2.05) is 6.07 Å². The lowest BCUT2D eigenvalue weighted by atomic mass is 10.2. The Morgan fingerprint density at radius 1 is 1.42 bits per heavy atom. The third kappa shape index (κ3) is 2.69. The van der Waals surface area contributed by atoms with Gasteiger partial charge in [-0.3, -0.25) is 15.1 Å². The predicted molar refractivity (Wildman–Crippen MR) is 69.8 cm³/mol. The molecule has 19 heavy (non-hydrogen) atoms. The highest BCUT2D eigenvalue weighted by Gasteiger charge is 2.19. The number of halogens is 1. The Labute approximate surface area is 116 Å². The van der Waals surface area contributed by atoms with Crippen molar-refractivity contribution >= 4 is 21.6 Å². The molecule has 0 saturated carbocycles. The largest absolute Gasteiger partial charge is 0.446 e. The molecule has 1 aromatic heterocycles. The minimum Gasteiger partial charge on any atom is -0.446 e. The van der Waals surface area contributed by atoms with Gasteiger partial charge in [0, 0.05) is 12.3 Å². The number of nitriles is 1. The fraction of sp³-hybridized carbons (Fsp3) is 0. The molecule has 2 rings (SSSR count). The van der Waals surface area contributed by atoms with E-state index in [0.29, 0.717) is 4.47 Å². The lowest BCUT2D eigenvalue weighted by Crippen LogP contribution is -1.96. The van der Waals surface area contributed by atoms with Gasteiger partial charge in [0.25, 0.3) is 0 Å². The maximum Gasteiger partial charge on any atom is 0.312 e. The number of para-hydroxylation sites is 1. The molecule has 0 N–H and O–H groups in total. The molecule has 0 aliphatic rings. The summed E-state index contributed by atoms with van der Waals surface area (Å²) in [6.45, 7) is 0. The predicted octanol–water partition coefficient (Wildman–Crippen LogP) is 3.42. The van der Waals surface area contributed by atoms with Crippen LogP contribution >= 0.6 is 15.9 Å². The summed E-state index contributed by atoms with van der Waals surface area (Å²) in [7, 11) is 0. The minimum atomic E-state index is -0.553. The van der Waals surface area contributed by atoms with Gasteiger partial charge in [0.1, 0.15) is 6.07 Å².